The standard InChI is InChI=1S/C8H11N3O/c1-5-2-3-6(7(9)4-5)8(10)11-12/h2-4,12H,9H2,1H3,(H2,10,11). The maximum atomic E-state index is 8.39. The Bertz CT molecular complexity index is 320. The molecular weight excluding hydrogens is 154 g/mol. The lowest BCUT2D eigenvalue weighted by Gasteiger charge is -2.03. The van der Waals surface area contributed by atoms with E-state index < -0.39 is 0 Å². The van der Waals surface area contributed by atoms with Crippen LogP contribution in [0.15, 0.2) is 23.4 Å². The molecule has 4 nitrogen and oxygen atoms in total. The third kappa shape index (κ3) is 1.47. The lowest BCUT2D eigenvalue weighted by Crippen LogP contribution is -2.15. The molecule has 12 heavy (non-hydrogen) atoms. The molecule has 0 radical (unpaired) electrons. The first-order valence-electron chi connectivity index (χ1n) is 3.49. The molecule has 4 heteroatoms. The average Bonchev–Trinajstić information content (AvgIpc) is 2.03. The SMILES string of the molecule is Cc1ccc(C(N)=NO)c(N)c1. The summed E-state index contributed by atoms with van der Waals surface area (Å²) in [4.78, 5) is 0. The first-order valence-corrected chi connectivity index (χ1v) is 3.49. The maximum absolute atomic E-state index is 8.39. The van der Waals surface area contributed by atoms with E-state index in [0.717, 1.165) is 5.56 Å². The monoisotopic (exact) mass is 165 g/mol. The minimum atomic E-state index is 0.0347. The minimum Gasteiger partial charge on any atom is -0.409 e. The summed E-state index contributed by atoms with van der Waals surface area (Å²) < 4.78 is 0. The Kier molecular flexibility index (Phi) is 2.19. The number of amidine groups is 1. The first-order chi connectivity index (χ1) is 5.65. The van der Waals surface area contributed by atoms with Crippen LogP contribution in [0.2, 0.25) is 0 Å². The van der Waals surface area contributed by atoms with Gasteiger partial charge in [0.15, 0.2) is 5.84 Å². The van der Waals surface area contributed by atoms with Gasteiger partial charge < -0.3 is 16.7 Å². The van der Waals surface area contributed by atoms with Crippen LogP contribution >= 0.6 is 0 Å². The minimum absolute atomic E-state index is 0.0347. The number of nitrogens with two attached hydrogens (primary N) is 2. The van der Waals surface area contributed by atoms with E-state index in [1.807, 2.05) is 13.0 Å². The second-order valence-electron chi connectivity index (χ2n) is 2.58. The van der Waals surface area contributed by atoms with E-state index in [1.54, 1.807) is 12.1 Å². The molecule has 0 saturated carbocycles. The fourth-order valence-corrected chi connectivity index (χ4v) is 0.969. The lowest BCUT2D eigenvalue weighted by molar-refractivity contribution is 0.318. The van der Waals surface area contributed by atoms with Crippen molar-refractivity contribution in [3.8, 4) is 0 Å². The Labute approximate surface area is 70.5 Å². The predicted octanol–water partition coefficient (Wildman–Crippen LogP) is 0.672. The summed E-state index contributed by atoms with van der Waals surface area (Å²) in [6.45, 7) is 1.92. The molecule has 1 aromatic carbocycles. The topological polar surface area (TPSA) is 84.6 Å². The van der Waals surface area contributed by atoms with Crippen molar-refractivity contribution < 1.29 is 5.21 Å². The molecule has 0 heterocycles. The lowest BCUT2D eigenvalue weighted by atomic mass is 10.1. The zero-order valence-electron chi connectivity index (χ0n) is 6.78. The first kappa shape index (κ1) is 8.39. The number of hydrogen-bond acceptors (Lipinski definition) is 3. The highest BCUT2D eigenvalue weighted by atomic mass is 16.4. The van der Waals surface area contributed by atoms with Crippen molar-refractivity contribution in [3.05, 3.63) is 29.3 Å². The van der Waals surface area contributed by atoms with Crippen LogP contribution < -0.4 is 11.5 Å². The van der Waals surface area contributed by atoms with Gasteiger partial charge in [0.25, 0.3) is 0 Å². The molecule has 64 valence electrons. The van der Waals surface area contributed by atoms with Gasteiger partial charge in [-0.15, -0.1) is 0 Å². The van der Waals surface area contributed by atoms with Gasteiger partial charge in [-0.2, -0.15) is 0 Å². The molecule has 0 aliphatic rings. The van der Waals surface area contributed by atoms with Gasteiger partial charge in [0.05, 0.1) is 0 Å². The molecule has 0 aromatic heterocycles. The normalized spacial score (nSPS) is 11.6. The third-order valence-electron chi connectivity index (χ3n) is 1.59. The van der Waals surface area contributed by atoms with Crippen molar-refractivity contribution in [1.82, 2.24) is 0 Å². The molecular formula is C8H11N3O. The second-order valence-corrected chi connectivity index (χ2v) is 2.58. The zero-order valence-corrected chi connectivity index (χ0v) is 6.78. The Morgan fingerprint density at radius 1 is 1.50 bits per heavy atom. The summed E-state index contributed by atoms with van der Waals surface area (Å²) in [5.74, 6) is 0.0347. The highest BCUT2D eigenvalue weighted by Gasteiger charge is 2.02. The van der Waals surface area contributed by atoms with Gasteiger partial charge in [-0.1, -0.05) is 11.2 Å². The van der Waals surface area contributed by atoms with Crippen molar-refractivity contribution in [2.24, 2.45) is 10.9 Å². The summed E-state index contributed by atoms with van der Waals surface area (Å²) in [6, 6.07) is 5.34. The molecule has 0 spiro atoms. The summed E-state index contributed by atoms with van der Waals surface area (Å²) in [5.41, 5.74) is 13.1. The molecule has 0 aliphatic carbocycles. The molecule has 0 amide bonds. The summed E-state index contributed by atoms with van der Waals surface area (Å²) >= 11 is 0. The van der Waals surface area contributed by atoms with E-state index in [2.05, 4.69) is 5.16 Å². The van der Waals surface area contributed by atoms with Crippen molar-refractivity contribution >= 4 is 11.5 Å². The smallest absolute Gasteiger partial charge is 0.172 e. The summed E-state index contributed by atoms with van der Waals surface area (Å²) in [7, 11) is 0. The second kappa shape index (κ2) is 3.13. The maximum Gasteiger partial charge on any atom is 0.172 e. The molecule has 0 aliphatic heterocycles. The van der Waals surface area contributed by atoms with Gasteiger partial charge in [-0.25, -0.2) is 0 Å². The van der Waals surface area contributed by atoms with E-state index in [-0.39, 0.29) is 5.84 Å². The van der Waals surface area contributed by atoms with Crippen molar-refractivity contribution in [3.63, 3.8) is 0 Å². The number of nitrogens with zero attached hydrogens (tertiary/aromatic N) is 1. The molecule has 0 unspecified atom stereocenters. The number of anilines is 1. The van der Waals surface area contributed by atoms with Gasteiger partial charge >= 0.3 is 0 Å². The number of nitrogen functional groups attached to an aromatic ring is 1. The number of benzene rings is 1. The molecule has 0 saturated heterocycles. The van der Waals surface area contributed by atoms with E-state index in [1.165, 1.54) is 0 Å². The van der Waals surface area contributed by atoms with Gasteiger partial charge in [0.1, 0.15) is 0 Å². The number of oxime groups is 1. The Morgan fingerprint density at radius 2 is 2.17 bits per heavy atom. The van der Waals surface area contributed by atoms with Crippen LogP contribution in [0, 0.1) is 6.92 Å². The van der Waals surface area contributed by atoms with E-state index in [4.69, 9.17) is 16.7 Å². The van der Waals surface area contributed by atoms with Crippen LogP contribution in [-0.2, 0) is 0 Å². The van der Waals surface area contributed by atoms with Gasteiger partial charge in [-0.3, -0.25) is 0 Å². The number of aryl methyl sites for hydroxylation is 1. The van der Waals surface area contributed by atoms with Crippen LogP contribution in [0.25, 0.3) is 0 Å². The highest BCUT2D eigenvalue weighted by molar-refractivity contribution is 6.01. The fourth-order valence-electron chi connectivity index (χ4n) is 0.969. The van der Waals surface area contributed by atoms with Crippen molar-refractivity contribution in [2.45, 2.75) is 6.92 Å². The van der Waals surface area contributed by atoms with E-state index in [0.29, 0.717) is 11.3 Å². The van der Waals surface area contributed by atoms with Crippen LogP contribution in [0.4, 0.5) is 5.69 Å². The zero-order chi connectivity index (χ0) is 9.14. The van der Waals surface area contributed by atoms with Crippen LogP contribution in [-0.4, -0.2) is 11.0 Å². The van der Waals surface area contributed by atoms with Gasteiger partial charge in [0.2, 0.25) is 0 Å². The molecule has 1 rings (SSSR count). The van der Waals surface area contributed by atoms with Crippen molar-refractivity contribution in [1.29, 1.82) is 0 Å². The molecule has 0 fully saturated rings. The predicted molar refractivity (Wildman–Crippen MR) is 48.1 cm³/mol. The summed E-state index contributed by atoms with van der Waals surface area (Å²) in [5, 5.41) is 11.3. The van der Waals surface area contributed by atoms with Crippen LogP contribution in [0.1, 0.15) is 11.1 Å². The molecule has 0 bridgehead atoms. The Morgan fingerprint density at radius 3 is 2.67 bits per heavy atom. The molecule has 5 N–H and O–H groups in total. The third-order valence-corrected chi connectivity index (χ3v) is 1.59. The van der Waals surface area contributed by atoms with Crippen molar-refractivity contribution in [2.75, 3.05) is 5.73 Å². The number of rotatable bonds is 1. The number of hydrogen-bond donors (Lipinski definition) is 3. The largest absolute Gasteiger partial charge is 0.409 e. The van der Waals surface area contributed by atoms with E-state index >= 15 is 0 Å². The van der Waals surface area contributed by atoms with Crippen LogP contribution in [0.3, 0.4) is 0 Å². The van der Waals surface area contributed by atoms with E-state index in [9.17, 15) is 0 Å². The van der Waals surface area contributed by atoms with Gasteiger partial charge in [0, 0.05) is 11.3 Å². The summed E-state index contributed by atoms with van der Waals surface area (Å²) in [6.07, 6.45) is 0. The highest BCUT2D eigenvalue weighted by Crippen LogP contribution is 2.12. The Hall–Kier alpha value is -1.71. The molecule has 0 atom stereocenters. The Balaban J connectivity index is 3.18. The fraction of sp³-hybridized carbons (Fsp3) is 0.125. The van der Waals surface area contributed by atoms with Gasteiger partial charge in [-0.05, 0) is 24.6 Å². The molecule has 1 aromatic rings. The average molecular weight is 165 g/mol. The van der Waals surface area contributed by atoms with Crippen LogP contribution in [0.5, 0.6) is 0 Å². The quantitative estimate of drug-likeness (QED) is 0.188.